The highest BCUT2D eigenvalue weighted by Gasteiger charge is 2.27. The van der Waals surface area contributed by atoms with Crippen LogP contribution in [0.2, 0.25) is 0 Å². The molecule has 0 amide bonds. The number of rotatable bonds is 5. The zero-order chi connectivity index (χ0) is 17.9. The lowest BCUT2D eigenvalue weighted by Crippen LogP contribution is -2.25. The van der Waals surface area contributed by atoms with Gasteiger partial charge in [-0.2, -0.15) is 4.58 Å². The van der Waals surface area contributed by atoms with Crippen molar-refractivity contribution >= 4 is 36.0 Å². The Morgan fingerprint density at radius 1 is 1.25 bits per heavy atom. The van der Waals surface area contributed by atoms with E-state index in [-0.39, 0.29) is 0 Å². The van der Waals surface area contributed by atoms with Crippen molar-refractivity contribution in [2.45, 2.75) is 48.0 Å². The van der Waals surface area contributed by atoms with Crippen molar-refractivity contribution in [3.63, 3.8) is 0 Å². The predicted octanol–water partition coefficient (Wildman–Crippen LogP) is 6.26. The van der Waals surface area contributed by atoms with Crippen molar-refractivity contribution < 1.29 is 4.58 Å². The Morgan fingerprint density at radius 2 is 1.96 bits per heavy atom. The third kappa shape index (κ3) is 3.92. The van der Waals surface area contributed by atoms with Crippen molar-refractivity contribution in [3.05, 3.63) is 34.9 Å². The van der Waals surface area contributed by atoms with Gasteiger partial charge in [0.2, 0.25) is 5.69 Å². The van der Waals surface area contributed by atoms with Gasteiger partial charge in [0.15, 0.2) is 12.3 Å². The molecule has 0 radical (unpaired) electrons. The summed E-state index contributed by atoms with van der Waals surface area (Å²) in [4.78, 5) is 4.38. The molecule has 0 aliphatic carbocycles. The molecule has 0 atom stereocenters. The molecule has 0 saturated heterocycles. The Bertz CT molecular complexity index is 712. The first kappa shape index (κ1) is 18.4. The van der Waals surface area contributed by atoms with Gasteiger partial charge in [0, 0.05) is 29.9 Å². The van der Waals surface area contributed by atoms with Crippen LogP contribution in [-0.4, -0.2) is 23.5 Å². The normalized spacial score (nSPS) is 14.0. The molecule has 128 valence electrons. The lowest BCUT2D eigenvalue weighted by atomic mass is 10.0. The third-order valence-corrected chi connectivity index (χ3v) is 4.29. The molecule has 1 aromatic carbocycles. The fourth-order valence-corrected chi connectivity index (χ4v) is 3.31. The zero-order valence-corrected chi connectivity index (χ0v) is 16.1. The van der Waals surface area contributed by atoms with Crippen LogP contribution >= 0.6 is 0 Å². The molecule has 0 N–H and O–H groups in total. The van der Waals surface area contributed by atoms with E-state index in [1.807, 2.05) is 0 Å². The summed E-state index contributed by atoms with van der Waals surface area (Å²) < 4.78 is 2.51. The molecule has 2 rings (SSSR count). The lowest BCUT2D eigenvalue weighted by Gasteiger charge is -2.15. The van der Waals surface area contributed by atoms with Crippen LogP contribution < -0.4 is 0 Å². The standard InChI is InChI=1S/C22H31N2/c1-15(2)13-18-11-12-21-19(22(18)23-7)9-8-10-20(17(5)6)24(21)14-16(3)4/h8-9,11-13,16-17H,7,10,14H2,1-6H3/q+1. The Morgan fingerprint density at radius 3 is 2.50 bits per heavy atom. The van der Waals surface area contributed by atoms with Gasteiger partial charge in [-0.05, 0) is 32.7 Å². The second kappa shape index (κ2) is 7.74. The Labute approximate surface area is 147 Å². The molecule has 0 aromatic heterocycles. The largest absolute Gasteiger partial charge is 0.263 e. The highest BCUT2D eigenvalue weighted by atomic mass is 15.0. The minimum absolute atomic E-state index is 0.525. The van der Waals surface area contributed by atoms with Crippen molar-refractivity contribution in [1.82, 2.24) is 0 Å². The van der Waals surface area contributed by atoms with Crippen LogP contribution in [0, 0.1) is 11.8 Å². The molecule has 2 nitrogen and oxygen atoms in total. The van der Waals surface area contributed by atoms with Crippen LogP contribution in [0.1, 0.15) is 59.1 Å². The maximum atomic E-state index is 4.38. The van der Waals surface area contributed by atoms with Gasteiger partial charge < -0.3 is 0 Å². The molecular weight excluding hydrogens is 292 g/mol. The first-order valence-electron chi connectivity index (χ1n) is 8.93. The van der Waals surface area contributed by atoms with E-state index in [4.69, 9.17) is 0 Å². The van der Waals surface area contributed by atoms with Gasteiger partial charge in [0.05, 0.1) is 11.3 Å². The molecule has 0 saturated carbocycles. The minimum atomic E-state index is 0.525. The van der Waals surface area contributed by atoms with Crippen LogP contribution in [0.25, 0.3) is 12.2 Å². The second-order valence-electron chi connectivity index (χ2n) is 7.57. The number of benzene rings is 1. The first-order chi connectivity index (χ1) is 11.3. The maximum Gasteiger partial charge on any atom is 0.214 e. The van der Waals surface area contributed by atoms with E-state index in [0.717, 1.165) is 24.2 Å². The van der Waals surface area contributed by atoms with Crippen molar-refractivity contribution in [3.8, 4) is 0 Å². The molecule has 1 aromatic rings. The molecule has 0 fully saturated rings. The third-order valence-electron chi connectivity index (χ3n) is 4.29. The predicted molar refractivity (Wildman–Crippen MR) is 108 cm³/mol. The molecule has 24 heavy (non-hydrogen) atoms. The molecule has 0 bridgehead atoms. The van der Waals surface area contributed by atoms with Crippen LogP contribution in [0.15, 0.2) is 28.8 Å². The molecule has 0 spiro atoms. The van der Waals surface area contributed by atoms with Gasteiger partial charge in [0.25, 0.3) is 0 Å². The van der Waals surface area contributed by atoms with Crippen LogP contribution in [0.5, 0.6) is 0 Å². The van der Waals surface area contributed by atoms with E-state index in [0.29, 0.717) is 11.8 Å². The monoisotopic (exact) mass is 323 g/mol. The number of hydrogen-bond donors (Lipinski definition) is 0. The Kier molecular flexibility index (Phi) is 5.93. The first-order valence-corrected chi connectivity index (χ1v) is 8.93. The van der Waals surface area contributed by atoms with Gasteiger partial charge in [0.1, 0.15) is 0 Å². The minimum Gasteiger partial charge on any atom is -0.263 e. The van der Waals surface area contributed by atoms with Crippen molar-refractivity contribution in [2.24, 2.45) is 16.8 Å². The number of nitrogens with zero attached hydrogens (tertiary/aromatic N) is 2. The number of fused-ring (bicyclic) bond motifs is 1. The molecule has 1 aliphatic rings. The van der Waals surface area contributed by atoms with E-state index >= 15 is 0 Å². The highest BCUT2D eigenvalue weighted by molar-refractivity contribution is 5.89. The Hall–Kier alpha value is -1.96. The van der Waals surface area contributed by atoms with Gasteiger partial charge >= 0.3 is 0 Å². The van der Waals surface area contributed by atoms with E-state index in [1.54, 1.807) is 0 Å². The SMILES string of the molecule is C=Nc1c(C=C(C)C)ccc2c1C=CCC(C(C)C)=[N+]2CC(C)C. The van der Waals surface area contributed by atoms with Gasteiger partial charge in [-0.15, -0.1) is 0 Å². The maximum absolute atomic E-state index is 4.38. The summed E-state index contributed by atoms with van der Waals surface area (Å²) in [6.45, 7) is 18.2. The molecular formula is C22H31N2+. The summed E-state index contributed by atoms with van der Waals surface area (Å²) in [5, 5.41) is 0. The summed E-state index contributed by atoms with van der Waals surface area (Å²) >= 11 is 0. The fourth-order valence-electron chi connectivity index (χ4n) is 3.31. The molecule has 0 unspecified atom stereocenters. The summed E-state index contributed by atoms with van der Waals surface area (Å²) in [6, 6.07) is 4.43. The van der Waals surface area contributed by atoms with E-state index in [1.165, 1.54) is 22.5 Å². The van der Waals surface area contributed by atoms with Crippen LogP contribution in [0.4, 0.5) is 11.4 Å². The van der Waals surface area contributed by atoms with Crippen molar-refractivity contribution in [2.75, 3.05) is 6.54 Å². The summed E-state index contributed by atoms with van der Waals surface area (Å²) in [6.07, 6.45) is 7.68. The smallest absolute Gasteiger partial charge is 0.214 e. The highest BCUT2D eigenvalue weighted by Crippen LogP contribution is 2.37. The second-order valence-corrected chi connectivity index (χ2v) is 7.57. The average molecular weight is 324 g/mol. The number of aliphatic imine (C=N–C) groups is 1. The van der Waals surface area contributed by atoms with E-state index in [9.17, 15) is 0 Å². The summed E-state index contributed by atoms with van der Waals surface area (Å²) in [5.41, 5.74) is 7.33. The fraction of sp³-hybridized carbons (Fsp3) is 0.455. The Balaban J connectivity index is 2.75. The van der Waals surface area contributed by atoms with Gasteiger partial charge in [-0.1, -0.05) is 45.4 Å². The van der Waals surface area contributed by atoms with Gasteiger partial charge in [-0.25, -0.2) is 0 Å². The van der Waals surface area contributed by atoms with Gasteiger partial charge in [-0.3, -0.25) is 4.99 Å². The van der Waals surface area contributed by atoms with Crippen LogP contribution in [-0.2, 0) is 0 Å². The molecule has 1 heterocycles. The average Bonchev–Trinajstić information content (AvgIpc) is 2.66. The molecule has 2 heteroatoms. The summed E-state index contributed by atoms with van der Waals surface area (Å²) in [7, 11) is 0. The summed E-state index contributed by atoms with van der Waals surface area (Å²) in [5.74, 6) is 1.12. The number of hydrogen-bond acceptors (Lipinski definition) is 1. The van der Waals surface area contributed by atoms with E-state index in [2.05, 4.69) is 88.2 Å². The van der Waals surface area contributed by atoms with Crippen LogP contribution in [0.3, 0.4) is 0 Å². The lowest BCUT2D eigenvalue weighted by molar-refractivity contribution is -0.451. The quantitative estimate of drug-likeness (QED) is 0.449. The number of allylic oxidation sites excluding steroid dienone is 2. The topological polar surface area (TPSA) is 15.4 Å². The van der Waals surface area contributed by atoms with Crippen molar-refractivity contribution in [1.29, 1.82) is 0 Å². The molecule has 1 aliphatic heterocycles. The van der Waals surface area contributed by atoms with E-state index < -0.39 is 0 Å². The zero-order valence-electron chi connectivity index (χ0n) is 16.1.